The summed E-state index contributed by atoms with van der Waals surface area (Å²) in [6, 6.07) is 6.60. The molecular weight excluding hydrogens is 434 g/mol. The monoisotopic (exact) mass is 463 g/mol. The molecule has 3 rings (SSSR count). The molecule has 1 aliphatic heterocycles. The predicted molar refractivity (Wildman–Crippen MR) is 128 cm³/mol. The van der Waals surface area contributed by atoms with E-state index in [-0.39, 0.29) is 35.7 Å². The summed E-state index contributed by atoms with van der Waals surface area (Å²) in [5, 5.41) is 17.3. The first-order valence-corrected chi connectivity index (χ1v) is 10.6. The van der Waals surface area contributed by atoms with Crippen LogP contribution in [0, 0.1) is 10.1 Å². The lowest BCUT2D eigenvalue weighted by Gasteiger charge is -2.34. The van der Waals surface area contributed by atoms with Gasteiger partial charge in [-0.1, -0.05) is 13.3 Å². The molecule has 2 aromatic rings. The summed E-state index contributed by atoms with van der Waals surface area (Å²) in [6.45, 7) is 5.17. The standard InChI is InChI=1S/C21H29N7O3.ClH/c1-3-4-6-15-12-20(27-10-5-7-17(13-27)23-14(2)29)26-21(24-15)25-16-8-9-18(22)19(11-16)28(30)31;/h8-9,11-12,17H,3-7,10,13,22H2,1-2H3,(H,23,29)(H,24,25,26);1H. The van der Waals surface area contributed by atoms with Crippen molar-refractivity contribution in [3.8, 4) is 0 Å². The van der Waals surface area contributed by atoms with Crippen molar-refractivity contribution < 1.29 is 9.72 Å². The molecule has 4 N–H and O–H groups in total. The Hall–Kier alpha value is -3.14. The molecule has 1 aliphatic rings. The average molecular weight is 464 g/mol. The van der Waals surface area contributed by atoms with Crippen molar-refractivity contribution in [1.82, 2.24) is 15.3 Å². The van der Waals surface area contributed by atoms with Crippen molar-refractivity contribution in [2.45, 2.75) is 52.0 Å². The third kappa shape index (κ3) is 6.68. The molecule has 0 spiro atoms. The maximum atomic E-state index is 11.5. The maximum Gasteiger partial charge on any atom is 0.294 e. The fraction of sp³-hybridized carbons (Fsp3) is 0.476. The predicted octanol–water partition coefficient (Wildman–Crippen LogP) is 3.58. The fourth-order valence-corrected chi connectivity index (χ4v) is 3.69. The molecule has 32 heavy (non-hydrogen) atoms. The molecule has 174 valence electrons. The summed E-state index contributed by atoms with van der Waals surface area (Å²) in [5.74, 6) is 1.12. The third-order valence-electron chi connectivity index (χ3n) is 5.19. The number of carbonyl (C=O) groups is 1. The number of nitrogens with zero attached hydrogens (tertiary/aromatic N) is 4. The largest absolute Gasteiger partial charge is 0.393 e. The zero-order chi connectivity index (χ0) is 22.4. The highest BCUT2D eigenvalue weighted by Crippen LogP contribution is 2.27. The van der Waals surface area contributed by atoms with Crippen molar-refractivity contribution in [2.24, 2.45) is 0 Å². The number of piperidine rings is 1. The van der Waals surface area contributed by atoms with E-state index in [4.69, 9.17) is 5.73 Å². The smallest absolute Gasteiger partial charge is 0.294 e. The number of benzene rings is 1. The highest BCUT2D eigenvalue weighted by Gasteiger charge is 2.22. The van der Waals surface area contributed by atoms with Crippen molar-refractivity contribution in [3.05, 3.63) is 40.1 Å². The Balaban J connectivity index is 0.00000363. The van der Waals surface area contributed by atoms with Crippen LogP contribution in [0.15, 0.2) is 24.3 Å². The highest BCUT2D eigenvalue weighted by molar-refractivity contribution is 5.85. The molecule has 1 saturated heterocycles. The number of nitrogen functional groups attached to an aromatic ring is 1. The topological polar surface area (TPSA) is 139 Å². The zero-order valence-electron chi connectivity index (χ0n) is 18.3. The van der Waals surface area contributed by atoms with E-state index in [0.717, 1.165) is 50.2 Å². The molecule has 1 atom stereocenters. The Bertz CT molecular complexity index is 957. The van der Waals surface area contributed by atoms with Crippen LogP contribution in [0.5, 0.6) is 0 Å². The number of hydrogen-bond acceptors (Lipinski definition) is 8. The van der Waals surface area contributed by atoms with Gasteiger partial charge in [-0.15, -0.1) is 12.4 Å². The summed E-state index contributed by atoms with van der Waals surface area (Å²) in [6.07, 6.45) is 4.74. The number of nitrogens with one attached hydrogen (secondary N) is 2. The van der Waals surface area contributed by atoms with Crippen LogP contribution >= 0.6 is 12.4 Å². The van der Waals surface area contributed by atoms with Gasteiger partial charge in [-0.05, 0) is 37.8 Å². The summed E-state index contributed by atoms with van der Waals surface area (Å²) in [5.41, 5.74) is 7.03. The van der Waals surface area contributed by atoms with Gasteiger partial charge in [-0.25, -0.2) is 4.98 Å². The van der Waals surface area contributed by atoms with Crippen LogP contribution in [0.2, 0.25) is 0 Å². The first-order chi connectivity index (χ1) is 14.9. The molecular formula is C21H30ClN7O3. The van der Waals surface area contributed by atoms with Crippen LogP contribution in [0.25, 0.3) is 0 Å². The molecule has 1 aromatic carbocycles. The van der Waals surface area contributed by atoms with E-state index in [1.807, 2.05) is 6.07 Å². The number of rotatable bonds is 8. The van der Waals surface area contributed by atoms with Crippen LogP contribution in [-0.2, 0) is 11.2 Å². The number of aromatic nitrogens is 2. The first-order valence-electron chi connectivity index (χ1n) is 10.6. The number of halogens is 1. The van der Waals surface area contributed by atoms with E-state index in [1.54, 1.807) is 6.07 Å². The number of carbonyl (C=O) groups excluding carboxylic acids is 1. The minimum Gasteiger partial charge on any atom is -0.393 e. The van der Waals surface area contributed by atoms with Gasteiger partial charge in [0, 0.05) is 49.6 Å². The number of hydrogen-bond donors (Lipinski definition) is 3. The quantitative estimate of drug-likeness (QED) is 0.306. The van der Waals surface area contributed by atoms with Crippen LogP contribution in [-0.4, -0.2) is 39.9 Å². The first kappa shape index (κ1) is 25.1. The average Bonchev–Trinajstić information content (AvgIpc) is 2.73. The normalized spacial score (nSPS) is 15.6. The molecule has 11 heteroatoms. The molecule has 0 saturated carbocycles. The highest BCUT2D eigenvalue weighted by atomic mass is 35.5. The van der Waals surface area contributed by atoms with Crippen LogP contribution in [0.1, 0.15) is 45.2 Å². The minimum absolute atomic E-state index is 0. The Labute approximate surface area is 193 Å². The van der Waals surface area contributed by atoms with E-state index >= 15 is 0 Å². The number of anilines is 4. The van der Waals surface area contributed by atoms with Crippen molar-refractivity contribution in [3.63, 3.8) is 0 Å². The second kappa shape index (κ2) is 11.5. The molecule has 0 bridgehead atoms. The lowest BCUT2D eigenvalue weighted by atomic mass is 10.1. The van der Waals surface area contributed by atoms with E-state index < -0.39 is 4.92 Å². The van der Waals surface area contributed by atoms with Gasteiger partial charge in [0.05, 0.1) is 4.92 Å². The van der Waals surface area contributed by atoms with Crippen LogP contribution in [0.3, 0.4) is 0 Å². The third-order valence-corrected chi connectivity index (χ3v) is 5.19. The lowest BCUT2D eigenvalue weighted by Crippen LogP contribution is -2.47. The molecule has 10 nitrogen and oxygen atoms in total. The summed E-state index contributed by atoms with van der Waals surface area (Å²) >= 11 is 0. The molecule has 0 radical (unpaired) electrons. The molecule has 2 heterocycles. The number of nitro benzene ring substituents is 1. The van der Waals surface area contributed by atoms with Gasteiger partial charge < -0.3 is 21.3 Å². The molecule has 1 amide bonds. The van der Waals surface area contributed by atoms with Crippen molar-refractivity contribution >= 4 is 47.1 Å². The van der Waals surface area contributed by atoms with Gasteiger partial charge in [0.1, 0.15) is 11.5 Å². The number of nitro groups is 1. The second-order valence-corrected chi connectivity index (χ2v) is 7.79. The van der Waals surface area contributed by atoms with Crippen molar-refractivity contribution in [2.75, 3.05) is 29.0 Å². The molecule has 1 fully saturated rings. The Kier molecular flexibility index (Phi) is 9.01. The second-order valence-electron chi connectivity index (χ2n) is 7.79. The fourth-order valence-electron chi connectivity index (χ4n) is 3.69. The molecule has 0 aliphatic carbocycles. The van der Waals surface area contributed by atoms with E-state index in [2.05, 4.69) is 32.4 Å². The van der Waals surface area contributed by atoms with Gasteiger partial charge in [-0.2, -0.15) is 4.98 Å². The Morgan fingerprint density at radius 2 is 2.12 bits per heavy atom. The van der Waals surface area contributed by atoms with Gasteiger partial charge in [0.2, 0.25) is 11.9 Å². The van der Waals surface area contributed by atoms with Gasteiger partial charge >= 0.3 is 0 Å². The summed E-state index contributed by atoms with van der Waals surface area (Å²) in [7, 11) is 0. The summed E-state index contributed by atoms with van der Waals surface area (Å²) < 4.78 is 0. The van der Waals surface area contributed by atoms with Crippen LogP contribution in [0.4, 0.5) is 28.8 Å². The SMILES string of the molecule is CCCCc1cc(N2CCCC(NC(C)=O)C2)nc(Nc2ccc(N)c([N+](=O)[O-])c2)n1.Cl. The van der Waals surface area contributed by atoms with Crippen LogP contribution < -0.4 is 21.3 Å². The Morgan fingerprint density at radius 1 is 1.34 bits per heavy atom. The van der Waals surface area contributed by atoms with E-state index in [1.165, 1.54) is 19.1 Å². The van der Waals surface area contributed by atoms with Gasteiger partial charge in [-0.3, -0.25) is 14.9 Å². The maximum absolute atomic E-state index is 11.5. The number of nitrogens with two attached hydrogens (primary N) is 1. The minimum atomic E-state index is -0.514. The number of amides is 1. The number of aryl methyl sites for hydroxylation is 1. The van der Waals surface area contributed by atoms with Gasteiger partial charge in [0.25, 0.3) is 5.69 Å². The summed E-state index contributed by atoms with van der Waals surface area (Å²) in [4.78, 5) is 33.6. The lowest BCUT2D eigenvalue weighted by molar-refractivity contribution is -0.383. The van der Waals surface area contributed by atoms with E-state index in [0.29, 0.717) is 18.2 Å². The molecule has 1 unspecified atom stereocenters. The van der Waals surface area contributed by atoms with Gasteiger partial charge in [0.15, 0.2) is 0 Å². The Morgan fingerprint density at radius 3 is 2.81 bits per heavy atom. The zero-order valence-corrected chi connectivity index (χ0v) is 19.2. The number of unbranched alkanes of at least 4 members (excludes halogenated alkanes) is 1. The molecule has 1 aromatic heterocycles. The van der Waals surface area contributed by atoms with E-state index in [9.17, 15) is 14.9 Å². The van der Waals surface area contributed by atoms with Crippen molar-refractivity contribution in [1.29, 1.82) is 0 Å².